The number of carbonyl (C=O) groups excluding carboxylic acids is 1. The van der Waals surface area contributed by atoms with Gasteiger partial charge in [-0.1, -0.05) is 54.1 Å². The molecular formula is C19H15ClN2O4. The molecule has 0 spiro atoms. The van der Waals surface area contributed by atoms with Gasteiger partial charge in [-0.15, -0.1) is 0 Å². The Morgan fingerprint density at radius 2 is 1.69 bits per heavy atom. The van der Waals surface area contributed by atoms with Crippen LogP contribution in [0.5, 0.6) is 0 Å². The Morgan fingerprint density at radius 1 is 1.04 bits per heavy atom. The molecule has 0 fully saturated rings. The zero-order chi connectivity index (χ0) is 18.7. The lowest BCUT2D eigenvalue weighted by Gasteiger charge is -2.06. The van der Waals surface area contributed by atoms with Gasteiger partial charge < -0.3 is 15.2 Å². The predicted octanol–water partition coefficient (Wildman–Crippen LogP) is 3.08. The number of aliphatic hydroxyl groups is 1. The summed E-state index contributed by atoms with van der Waals surface area (Å²) in [7, 11) is 0. The number of aliphatic hydroxyl groups excluding tert-OH is 1. The molecule has 132 valence electrons. The molecule has 0 aliphatic carbocycles. The van der Waals surface area contributed by atoms with Gasteiger partial charge in [0.25, 0.3) is 0 Å². The SMILES string of the molecule is O=C(O)c1ccccc1C(=O)c1ccc(Cc2nc(Cl)c(CO)[nH]2)cc1. The second-order valence-corrected chi connectivity index (χ2v) is 6.02. The highest BCUT2D eigenvalue weighted by Gasteiger charge is 2.17. The van der Waals surface area contributed by atoms with Crippen molar-refractivity contribution in [1.29, 1.82) is 0 Å². The van der Waals surface area contributed by atoms with Gasteiger partial charge in [0.1, 0.15) is 5.82 Å². The Balaban J connectivity index is 1.81. The lowest BCUT2D eigenvalue weighted by Crippen LogP contribution is -2.09. The van der Waals surface area contributed by atoms with E-state index in [1.807, 2.05) is 0 Å². The van der Waals surface area contributed by atoms with Gasteiger partial charge in [0.15, 0.2) is 10.9 Å². The lowest BCUT2D eigenvalue weighted by atomic mass is 9.97. The van der Waals surface area contributed by atoms with Crippen LogP contribution in [0.1, 0.15) is 43.4 Å². The van der Waals surface area contributed by atoms with Crippen LogP contribution in [0.25, 0.3) is 0 Å². The summed E-state index contributed by atoms with van der Waals surface area (Å²) < 4.78 is 0. The molecular weight excluding hydrogens is 356 g/mol. The summed E-state index contributed by atoms with van der Waals surface area (Å²) >= 11 is 5.89. The van der Waals surface area contributed by atoms with Crippen LogP contribution in [0.3, 0.4) is 0 Å². The van der Waals surface area contributed by atoms with E-state index in [1.54, 1.807) is 36.4 Å². The fourth-order valence-corrected chi connectivity index (χ4v) is 2.83. The number of aromatic amines is 1. The summed E-state index contributed by atoms with van der Waals surface area (Å²) in [5, 5.41) is 18.6. The number of rotatable bonds is 6. The number of benzene rings is 2. The maximum atomic E-state index is 12.6. The summed E-state index contributed by atoms with van der Waals surface area (Å²) in [6.45, 7) is -0.220. The second kappa shape index (κ2) is 7.51. The Kier molecular flexibility index (Phi) is 5.16. The van der Waals surface area contributed by atoms with E-state index in [9.17, 15) is 14.7 Å². The van der Waals surface area contributed by atoms with Crippen molar-refractivity contribution in [3.63, 3.8) is 0 Å². The molecule has 3 N–H and O–H groups in total. The first-order valence-corrected chi connectivity index (χ1v) is 8.17. The van der Waals surface area contributed by atoms with Crippen molar-refractivity contribution in [3.05, 3.63) is 87.5 Å². The summed E-state index contributed by atoms with van der Waals surface area (Å²) in [5.41, 5.74) is 1.87. The van der Waals surface area contributed by atoms with E-state index in [0.29, 0.717) is 23.5 Å². The quantitative estimate of drug-likeness (QED) is 0.578. The smallest absolute Gasteiger partial charge is 0.336 e. The number of nitrogens with one attached hydrogen (secondary N) is 1. The van der Waals surface area contributed by atoms with E-state index >= 15 is 0 Å². The molecule has 0 aliphatic rings. The van der Waals surface area contributed by atoms with Gasteiger partial charge in [-0.3, -0.25) is 4.79 Å². The molecule has 0 bridgehead atoms. The van der Waals surface area contributed by atoms with Gasteiger partial charge >= 0.3 is 5.97 Å². The third kappa shape index (κ3) is 3.66. The number of carboxylic acid groups (broad SMARTS) is 1. The van der Waals surface area contributed by atoms with Crippen molar-refractivity contribution in [3.8, 4) is 0 Å². The number of aromatic carboxylic acids is 1. The summed E-state index contributed by atoms with van der Waals surface area (Å²) in [6, 6.07) is 13.0. The van der Waals surface area contributed by atoms with Crippen molar-refractivity contribution in [2.24, 2.45) is 0 Å². The summed E-state index contributed by atoms with van der Waals surface area (Å²) in [5.74, 6) is -0.882. The van der Waals surface area contributed by atoms with Gasteiger partial charge in [0.05, 0.1) is 17.9 Å². The van der Waals surface area contributed by atoms with Gasteiger partial charge in [0.2, 0.25) is 0 Å². The average molecular weight is 371 g/mol. The standard InChI is InChI=1S/C19H15ClN2O4/c20-18-15(10-23)21-16(22-18)9-11-5-7-12(8-6-11)17(24)13-3-1-2-4-14(13)19(25)26/h1-8,23H,9-10H2,(H,21,22)(H,25,26). The number of hydrogen-bond donors (Lipinski definition) is 3. The van der Waals surface area contributed by atoms with Crippen LogP contribution in [-0.2, 0) is 13.0 Å². The van der Waals surface area contributed by atoms with E-state index in [4.69, 9.17) is 16.7 Å². The van der Waals surface area contributed by atoms with Crippen LogP contribution < -0.4 is 0 Å². The Bertz CT molecular complexity index is 964. The van der Waals surface area contributed by atoms with E-state index in [0.717, 1.165) is 5.56 Å². The zero-order valence-electron chi connectivity index (χ0n) is 13.6. The van der Waals surface area contributed by atoms with Crippen LogP contribution in [0.2, 0.25) is 5.15 Å². The van der Waals surface area contributed by atoms with Gasteiger partial charge in [-0.05, 0) is 11.6 Å². The average Bonchev–Trinajstić information content (AvgIpc) is 3.01. The van der Waals surface area contributed by atoms with E-state index in [-0.39, 0.29) is 28.7 Å². The largest absolute Gasteiger partial charge is 0.478 e. The highest BCUT2D eigenvalue weighted by molar-refractivity contribution is 6.30. The monoisotopic (exact) mass is 370 g/mol. The molecule has 3 aromatic rings. The third-order valence-corrected chi connectivity index (χ3v) is 4.24. The minimum atomic E-state index is -1.14. The number of nitrogens with zero attached hydrogens (tertiary/aromatic N) is 1. The molecule has 0 amide bonds. The number of ketones is 1. The first-order chi connectivity index (χ1) is 12.5. The molecule has 0 atom stereocenters. The van der Waals surface area contributed by atoms with Crippen molar-refractivity contribution >= 4 is 23.4 Å². The molecule has 0 saturated heterocycles. The molecule has 1 heterocycles. The van der Waals surface area contributed by atoms with Crippen molar-refractivity contribution in [1.82, 2.24) is 9.97 Å². The van der Waals surface area contributed by atoms with E-state index in [1.165, 1.54) is 12.1 Å². The van der Waals surface area contributed by atoms with Gasteiger partial charge in [-0.2, -0.15) is 0 Å². The topological polar surface area (TPSA) is 103 Å². The molecule has 7 heteroatoms. The minimum Gasteiger partial charge on any atom is -0.478 e. The first-order valence-electron chi connectivity index (χ1n) is 7.79. The molecule has 1 aromatic heterocycles. The van der Waals surface area contributed by atoms with E-state index < -0.39 is 5.97 Å². The maximum absolute atomic E-state index is 12.6. The van der Waals surface area contributed by atoms with Crippen LogP contribution >= 0.6 is 11.6 Å². The number of carboxylic acids is 1. The highest BCUT2D eigenvalue weighted by atomic mass is 35.5. The normalized spacial score (nSPS) is 10.7. The number of aromatic nitrogens is 2. The highest BCUT2D eigenvalue weighted by Crippen LogP contribution is 2.18. The summed E-state index contributed by atoms with van der Waals surface area (Å²) in [4.78, 5) is 30.9. The Hall–Kier alpha value is -2.96. The molecule has 6 nitrogen and oxygen atoms in total. The Morgan fingerprint density at radius 3 is 2.27 bits per heavy atom. The third-order valence-electron chi connectivity index (χ3n) is 3.93. The number of hydrogen-bond acceptors (Lipinski definition) is 4. The van der Waals surface area contributed by atoms with E-state index in [2.05, 4.69) is 9.97 Å². The first kappa shape index (κ1) is 17.8. The number of carbonyl (C=O) groups is 2. The summed E-state index contributed by atoms with van der Waals surface area (Å²) in [6.07, 6.45) is 0.458. The van der Waals surface area contributed by atoms with Crippen LogP contribution in [0, 0.1) is 0 Å². The van der Waals surface area contributed by atoms with Crippen LogP contribution in [0.15, 0.2) is 48.5 Å². The Labute approximate surface area is 154 Å². The van der Waals surface area contributed by atoms with Gasteiger partial charge in [-0.25, -0.2) is 9.78 Å². The van der Waals surface area contributed by atoms with Crippen molar-refractivity contribution in [2.45, 2.75) is 13.0 Å². The number of halogens is 1. The minimum absolute atomic E-state index is 0.0247. The molecule has 0 unspecified atom stereocenters. The molecule has 0 aliphatic heterocycles. The van der Waals surface area contributed by atoms with Crippen LogP contribution in [-0.4, -0.2) is 31.9 Å². The molecule has 26 heavy (non-hydrogen) atoms. The fourth-order valence-electron chi connectivity index (χ4n) is 2.62. The van der Waals surface area contributed by atoms with Crippen LogP contribution in [0.4, 0.5) is 0 Å². The molecule has 3 rings (SSSR count). The van der Waals surface area contributed by atoms with Gasteiger partial charge in [0, 0.05) is 17.5 Å². The maximum Gasteiger partial charge on any atom is 0.336 e. The zero-order valence-corrected chi connectivity index (χ0v) is 14.3. The second-order valence-electron chi connectivity index (χ2n) is 5.66. The molecule has 0 radical (unpaired) electrons. The van der Waals surface area contributed by atoms with Crippen molar-refractivity contribution in [2.75, 3.05) is 0 Å². The predicted molar refractivity (Wildman–Crippen MR) is 95.6 cm³/mol. The fraction of sp³-hybridized carbons (Fsp3) is 0.105. The number of H-pyrrole nitrogens is 1. The number of imidazole rings is 1. The van der Waals surface area contributed by atoms with Crippen molar-refractivity contribution < 1.29 is 19.8 Å². The molecule has 2 aromatic carbocycles. The lowest BCUT2D eigenvalue weighted by molar-refractivity contribution is 0.0693. The molecule has 0 saturated carbocycles.